The summed E-state index contributed by atoms with van der Waals surface area (Å²) in [5, 5.41) is 8.94. The summed E-state index contributed by atoms with van der Waals surface area (Å²) in [5.41, 5.74) is 1.45. The van der Waals surface area contributed by atoms with Gasteiger partial charge in [0.2, 0.25) is 10.0 Å². The summed E-state index contributed by atoms with van der Waals surface area (Å²) in [6.07, 6.45) is 0. The Balaban J connectivity index is 1.84. The second-order valence-corrected chi connectivity index (χ2v) is 7.44. The third-order valence-electron chi connectivity index (χ3n) is 3.98. The van der Waals surface area contributed by atoms with Gasteiger partial charge in [-0.25, -0.2) is 13.6 Å². The Kier molecular flexibility index (Phi) is 4.36. The van der Waals surface area contributed by atoms with E-state index in [0.29, 0.717) is 11.3 Å². The van der Waals surface area contributed by atoms with Crippen LogP contribution in [-0.2, 0) is 10.0 Å². The molecule has 1 aromatic heterocycles. The van der Waals surface area contributed by atoms with Crippen LogP contribution in [0.2, 0.25) is 0 Å². The zero-order valence-corrected chi connectivity index (χ0v) is 14.6. The number of hydrogen-bond acceptors (Lipinski definition) is 4. The number of primary sulfonamides is 1. The van der Waals surface area contributed by atoms with E-state index in [-0.39, 0.29) is 16.5 Å². The van der Waals surface area contributed by atoms with Crippen molar-refractivity contribution >= 4 is 26.9 Å². The maximum absolute atomic E-state index is 12.4. The van der Waals surface area contributed by atoms with Gasteiger partial charge in [-0.2, -0.15) is 0 Å². The lowest BCUT2D eigenvalue weighted by Gasteiger charge is -2.12. The van der Waals surface area contributed by atoms with Crippen LogP contribution in [0.15, 0.2) is 57.8 Å². The molecule has 0 aliphatic carbocycles. The van der Waals surface area contributed by atoms with E-state index in [2.05, 4.69) is 5.32 Å². The molecule has 3 rings (SSSR count). The maximum Gasteiger partial charge on any atom is 0.251 e. The number of aryl methyl sites for hydroxylation is 1. The number of nitrogens with two attached hydrogens (primary N) is 1. The molecule has 6 nitrogen and oxygen atoms in total. The number of carbonyl (C=O) groups excluding carboxylic acids is 1. The lowest BCUT2D eigenvalue weighted by molar-refractivity contribution is 0.0935. The van der Waals surface area contributed by atoms with E-state index in [1.54, 1.807) is 26.0 Å². The SMILES string of the molecule is Cc1ccc(C(=O)N[C@@H](C)c2cc3ccccc3o2)cc1S(N)(=O)=O. The molecule has 0 aliphatic heterocycles. The van der Waals surface area contributed by atoms with Crippen molar-refractivity contribution in [3.05, 3.63) is 65.4 Å². The molecule has 25 heavy (non-hydrogen) atoms. The van der Waals surface area contributed by atoms with Gasteiger partial charge in [0.25, 0.3) is 5.91 Å². The third-order valence-corrected chi connectivity index (χ3v) is 5.03. The smallest absolute Gasteiger partial charge is 0.251 e. The van der Waals surface area contributed by atoms with Crippen molar-refractivity contribution in [3.63, 3.8) is 0 Å². The average Bonchev–Trinajstić information content (AvgIpc) is 2.98. The van der Waals surface area contributed by atoms with Crippen LogP contribution in [0.3, 0.4) is 0 Å². The summed E-state index contributed by atoms with van der Waals surface area (Å²) >= 11 is 0. The molecule has 0 unspecified atom stereocenters. The van der Waals surface area contributed by atoms with Crippen LogP contribution >= 0.6 is 0 Å². The fourth-order valence-electron chi connectivity index (χ4n) is 2.61. The molecule has 0 bridgehead atoms. The molecule has 1 heterocycles. The summed E-state index contributed by atoms with van der Waals surface area (Å²) in [6, 6.07) is 13.5. The highest BCUT2D eigenvalue weighted by molar-refractivity contribution is 7.89. The average molecular weight is 358 g/mol. The Hall–Kier alpha value is -2.64. The summed E-state index contributed by atoms with van der Waals surface area (Å²) < 4.78 is 28.9. The highest BCUT2D eigenvalue weighted by atomic mass is 32.2. The number of hydrogen-bond donors (Lipinski definition) is 2. The first-order valence-electron chi connectivity index (χ1n) is 7.68. The standard InChI is InChI=1S/C18H18N2O4S/c1-11-7-8-14(10-17(11)25(19,22)23)18(21)20-12(2)16-9-13-5-3-4-6-15(13)24-16/h3-10,12H,1-2H3,(H,20,21)(H2,19,22,23)/t12-/m0/s1. The molecule has 0 saturated heterocycles. The number of amides is 1. The lowest BCUT2D eigenvalue weighted by atomic mass is 10.1. The molecule has 0 fully saturated rings. The van der Waals surface area contributed by atoms with Gasteiger partial charge >= 0.3 is 0 Å². The minimum Gasteiger partial charge on any atom is -0.459 e. The number of para-hydroxylation sites is 1. The molecule has 7 heteroatoms. The van der Waals surface area contributed by atoms with Crippen molar-refractivity contribution in [2.24, 2.45) is 5.14 Å². The lowest BCUT2D eigenvalue weighted by Crippen LogP contribution is -2.27. The number of nitrogens with one attached hydrogen (secondary N) is 1. The van der Waals surface area contributed by atoms with Gasteiger partial charge in [0, 0.05) is 10.9 Å². The van der Waals surface area contributed by atoms with Crippen molar-refractivity contribution < 1.29 is 17.6 Å². The van der Waals surface area contributed by atoms with Crippen molar-refractivity contribution in [1.29, 1.82) is 0 Å². The molecule has 0 spiro atoms. The van der Waals surface area contributed by atoms with E-state index in [9.17, 15) is 13.2 Å². The van der Waals surface area contributed by atoms with Gasteiger partial charge in [0.05, 0.1) is 10.9 Å². The minimum atomic E-state index is -3.89. The predicted octanol–water partition coefficient (Wildman–Crippen LogP) is 2.88. The Bertz CT molecular complexity index is 1020. The molecule has 0 aliphatic rings. The molecule has 130 valence electrons. The van der Waals surface area contributed by atoms with Gasteiger partial charge in [0.15, 0.2) is 0 Å². The molecular formula is C18H18N2O4S. The Labute approximate surface area is 145 Å². The van der Waals surface area contributed by atoms with Gasteiger partial charge in [-0.1, -0.05) is 24.3 Å². The summed E-state index contributed by atoms with van der Waals surface area (Å²) in [6.45, 7) is 3.42. The van der Waals surface area contributed by atoms with E-state index in [1.807, 2.05) is 30.3 Å². The molecule has 3 N–H and O–H groups in total. The largest absolute Gasteiger partial charge is 0.459 e. The summed E-state index contributed by atoms with van der Waals surface area (Å²) in [5.74, 6) is 0.214. The molecule has 3 aromatic rings. The number of furan rings is 1. The fourth-order valence-corrected chi connectivity index (χ4v) is 3.42. The van der Waals surface area contributed by atoms with E-state index in [4.69, 9.17) is 9.56 Å². The highest BCUT2D eigenvalue weighted by Gasteiger charge is 2.18. The fraction of sp³-hybridized carbons (Fsp3) is 0.167. The molecule has 0 radical (unpaired) electrons. The van der Waals surface area contributed by atoms with E-state index >= 15 is 0 Å². The van der Waals surface area contributed by atoms with Gasteiger partial charge in [-0.3, -0.25) is 4.79 Å². The minimum absolute atomic E-state index is 0.0588. The Morgan fingerprint density at radius 3 is 2.56 bits per heavy atom. The van der Waals surface area contributed by atoms with Gasteiger partial charge < -0.3 is 9.73 Å². The van der Waals surface area contributed by atoms with E-state index < -0.39 is 15.9 Å². The van der Waals surface area contributed by atoms with Gasteiger partial charge in [-0.05, 0) is 43.7 Å². The van der Waals surface area contributed by atoms with Crippen molar-refractivity contribution in [3.8, 4) is 0 Å². The first-order chi connectivity index (χ1) is 11.8. The van der Waals surface area contributed by atoms with Crippen LogP contribution in [0.5, 0.6) is 0 Å². The first-order valence-corrected chi connectivity index (χ1v) is 9.23. The number of carbonyl (C=O) groups is 1. The number of fused-ring (bicyclic) bond motifs is 1. The van der Waals surface area contributed by atoms with Gasteiger partial charge in [-0.15, -0.1) is 0 Å². The predicted molar refractivity (Wildman–Crippen MR) is 94.6 cm³/mol. The number of rotatable bonds is 4. The topological polar surface area (TPSA) is 102 Å². The van der Waals surface area contributed by atoms with Crippen molar-refractivity contribution in [1.82, 2.24) is 5.32 Å². The number of sulfonamides is 1. The molecule has 1 atom stereocenters. The molecular weight excluding hydrogens is 340 g/mol. The van der Waals surface area contributed by atoms with Crippen LogP contribution in [0.1, 0.15) is 34.6 Å². The van der Waals surface area contributed by atoms with E-state index in [0.717, 1.165) is 11.0 Å². The molecule has 0 saturated carbocycles. The highest BCUT2D eigenvalue weighted by Crippen LogP contribution is 2.24. The third kappa shape index (κ3) is 3.57. The normalized spacial score (nSPS) is 12.9. The molecule has 1 amide bonds. The van der Waals surface area contributed by atoms with Gasteiger partial charge in [0.1, 0.15) is 11.3 Å². The van der Waals surface area contributed by atoms with Crippen LogP contribution in [0.4, 0.5) is 0 Å². The second-order valence-electron chi connectivity index (χ2n) is 5.91. The zero-order valence-electron chi connectivity index (χ0n) is 13.8. The van der Waals surface area contributed by atoms with Crippen LogP contribution in [0, 0.1) is 6.92 Å². The van der Waals surface area contributed by atoms with Crippen molar-refractivity contribution in [2.75, 3.05) is 0 Å². The maximum atomic E-state index is 12.4. The quantitative estimate of drug-likeness (QED) is 0.748. The van der Waals surface area contributed by atoms with Crippen LogP contribution < -0.4 is 10.5 Å². The second kappa shape index (κ2) is 6.34. The zero-order chi connectivity index (χ0) is 18.2. The van der Waals surface area contributed by atoms with Crippen molar-refractivity contribution in [2.45, 2.75) is 24.8 Å². The first kappa shape index (κ1) is 17.2. The monoisotopic (exact) mass is 358 g/mol. The van der Waals surface area contributed by atoms with E-state index in [1.165, 1.54) is 6.07 Å². The Morgan fingerprint density at radius 2 is 1.88 bits per heavy atom. The van der Waals surface area contributed by atoms with Crippen LogP contribution in [0.25, 0.3) is 11.0 Å². The molecule has 2 aromatic carbocycles. The van der Waals surface area contributed by atoms with Crippen LogP contribution in [-0.4, -0.2) is 14.3 Å². The summed E-state index contributed by atoms with van der Waals surface area (Å²) in [4.78, 5) is 12.4. The summed E-state index contributed by atoms with van der Waals surface area (Å²) in [7, 11) is -3.89. The number of benzene rings is 2. The Morgan fingerprint density at radius 1 is 1.16 bits per heavy atom.